The van der Waals surface area contributed by atoms with Crippen molar-refractivity contribution in [2.75, 3.05) is 19.6 Å². The summed E-state index contributed by atoms with van der Waals surface area (Å²) in [6, 6.07) is 1.36. The Balaban J connectivity index is 0. The summed E-state index contributed by atoms with van der Waals surface area (Å²) >= 11 is 0. The maximum Gasteiger partial charge on any atom is 0.0343 e. The van der Waals surface area contributed by atoms with Crippen molar-refractivity contribution in [2.45, 2.75) is 19.0 Å². The predicted molar refractivity (Wildman–Crippen MR) is 48.7 cm³/mol. The monoisotopic (exact) mass is 167 g/mol. The maximum atomic E-state index is 5.28. The summed E-state index contributed by atoms with van der Waals surface area (Å²) in [7, 11) is 1.10. The molecular formula is C6H16N2NaSi. The fourth-order valence-corrected chi connectivity index (χ4v) is 1.15. The molecule has 0 aliphatic carbocycles. The van der Waals surface area contributed by atoms with Crippen molar-refractivity contribution >= 4 is 39.1 Å². The van der Waals surface area contributed by atoms with E-state index in [-0.39, 0.29) is 29.6 Å². The van der Waals surface area contributed by atoms with Crippen LogP contribution in [0.1, 0.15) is 6.42 Å². The number of rotatable bonds is 6. The minimum absolute atomic E-state index is 0. The van der Waals surface area contributed by atoms with Crippen LogP contribution in [0.4, 0.5) is 0 Å². The summed E-state index contributed by atoms with van der Waals surface area (Å²) < 4.78 is 0. The molecule has 0 heterocycles. The number of hydrogen-bond acceptors (Lipinski definition) is 2. The van der Waals surface area contributed by atoms with E-state index in [2.05, 4.69) is 11.9 Å². The van der Waals surface area contributed by atoms with Crippen molar-refractivity contribution in [2.24, 2.45) is 5.73 Å². The van der Waals surface area contributed by atoms with E-state index in [1.165, 1.54) is 12.5 Å². The fourth-order valence-electron chi connectivity index (χ4n) is 0.617. The Hall–Kier alpha value is 1.14. The van der Waals surface area contributed by atoms with Crippen molar-refractivity contribution < 1.29 is 0 Å². The van der Waals surface area contributed by atoms with E-state index >= 15 is 0 Å². The number of nitrogens with two attached hydrogens (primary N) is 1. The molecular weight excluding hydrogens is 151 g/mol. The van der Waals surface area contributed by atoms with Gasteiger partial charge in [-0.05, 0) is 13.0 Å². The van der Waals surface area contributed by atoms with Gasteiger partial charge in [-0.25, -0.2) is 0 Å². The Morgan fingerprint density at radius 3 is 2.60 bits per heavy atom. The van der Waals surface area contributed by atoms with Crippen LogP contribution in [0.25, 0.3) is 0 Å². The molecule has 0 aliphatic rings. The minimum Gasteiger partial charge on any atom is -0.329 e. The second kappa shape index (κ2) is 12.8. The van der Waals surface area contributed by atoms with E-state index in [0.29, 0.717) is 0 Å². The van der Waals surface area contributed by atoms with Gasteiger partial charge in [-0.15, -0.1) is 0 Å². The van der Waals surface area contributed by atoms with Gasteiger partial charge in [0, 0.05) is 52.2 Å². The van der Waals surface area contributed by atoms with Crippen LogP contribution >= 0.6 is 0 Å². The summed E-state index contributed by atoms with van der Waals surface area (Å²) in [6.07, 6.45) is 1.30. The Kier molecular flexibility index (Phi) is 17.5. The maximum absolute atomic E-state index is 5.28. The molecule has 0 bridgehead atoms. The largest absolute Gasteiger partial charge is 0.329 e. The SMILES string of the molecule is C[Si]CCCNCCN.[Na]. The molecule has 0 aromatic carbocycles. The van der Waals surface area contributed by atoms with E-state index in [9.17, 15) is 0 Å². The van der Waals surface area contributed by atoms with Gasteiger partial charge in [0.25, 0.3) is 0 Å². The van der Waals surface area contributed by atoms with Crippen molar-refractivity contribution in [3.05, 3.63) is 0 Å². The number of nitrogens with one attached hydrogen (secondary N) is 1. The van der Waals surface area contributed by atoms with Gasteiger partial charge < -0.3 is 11.1 Å². The number of hydrogen-bond donors (Lipinski definition) is 2. The predicted octanol–water partition coefficient (Wildman–Crippen LogP) is -0.285. The van der Waals surface area contributed by atoms with E-state index in [4.69, 9.17) is 5.73 Å². The topological polar surface area (TPSA) is 38.0 Å². The molecule has 0 aliphatic heterocycles. The van der Waals surface area contributed by atoms with Gasteiger partial charge in [-0.3, -0.25) is 0 Å². The van der Waals surface area contributed by atoms with Gasteiger partial charge >= 0.3 is 0 Å². The van der Waals surface area contributed by atoms with Crippen LogP contribution in [0.3, 0.4) is 0 Å². The van der Waals surface area contributed by atoms with Crippen LogP contribution in [0.15, 0.2) is 0 Å². The van der Waals surface area contributed by atoms with Crippen LogP contribution in [0.2, 0.25) is 12.6 Å². The van der Waals surface area contributed by atoms with Gasteiger partial charge in [0.05, 0.1) is 0 Å². The third-order valence-corrected chi connectivity index (χ3v) is 1.95. The van der Waals surface area contributed by atoms with Gasteiger partial charge in [0.2, 0.25) is 0 Å². The van der Waals surface area contributed by atoms with Crippen LogP contribution in [0.5, 0.6) is 0 Å². The zero-order valence-corrected chi connectivity index (χ0v) is 10.1. The molecule has 10 heavy (non-hydrogen) atoms. The van der Waals surface area contributed by atoms with Crippen molar-refractivity contribution in [1.82, 2.24) is 5.32 Å². The molecule has 4 heteroatoms. The quantitative estimate of drug-likeness (QED) is 0.421. The molecule has 0 unspecified atom stereocenters. The normalized spacial score (nSPS) is 9.00. The van der Waals surface area contributed by atoms with Crippen LogP contribution in [0, 0.1) is 0 Å². The fraction of sp³-hybridized carbons (Fsp3) is 1.00. The second-order valence-corrected chi connectivity index (χ2v) is 3.20. The Labute approximate surface area is 88.4 Å². The molecule has 3 N–H and O–H groups in total. The molecule has 0 spiro atoms. The summed E-state index contributed by atoms with van der Waals surface area (Å²) in [6.45, 7) is 5.10. The molecule has 55 valence electrons. The van der Waals surface area contributed by atoms with Crippen molar-refractivity contribution in [3.63, 3.8) is 0 Å². The summed E-state index contributed by atoms with van der Waals surface area (Å²) in [4.78, 5) is 0. The Bertz CT molecular complexity index is 49.0. The van der Waals surface area contributed by atoms with E-state index in [0.717, 1.165) is 29.2 Å². The van der Waals surface area contributed by atoms with Crippen molar-refractivity contribution in [1.29, 1.82) is 0 Å². The first kappa shape index (κ1) is 13.7. The molecule has 0 aromatic heterocycles. The molecule has 0 atom stereocenters. The standard InChI is InChI=1S/C6H16N2Si.Na/c1-9-6-2-4-8-5-3-7;/h8H,2-7H2,1H3;. The molecule has 0 aromatic rings. The molecule has 0 saturated carbocycles. The second-order valence-electron chi connectivity index (χ2n) is 2.00. The van der Waals surface area contributed by atoms with Gasteiger partial charge in [-0.1, -0.05) is 12.6 Å². The summed E-state index contributed by atoms with van der Waals surface area (Å²) in [5, 5.41) is 3.25. The minimum atomic E-state index is 0. The Morgan fingerprint density at radius 2 is 2.10 bits per heavy atom. The summed E-state index contributed by atoms with van der Waals surface area (Å²) in [5.74, 6) is 0. The van der Waals surface area contributed by atoms with Crippen LogP contribution in [-0.4, -0.2) is 58.7 Å². The molecule has 2 nitrogen and oxygen atoms in total. The van der Waals surface area contributed by atoms with Crippen molar-refractivity contribution in [3.8, 4) is 0 Å². The zero-order valence-electron chi connectivity index (χ0n) is 7.11. The first-order valence-electron chi connectivity index (χ1n) is 3.47. The smallest absolute Gasteiger partial charge is 0.0343 e. The molecule has 0 amide bonds. The Morgan fingerprint density at radius 1 is 1.40 bits per heavy atom. The van der Waals surface area contributed by atoms with Gasteiger partial charge in [0.15, 0.2) is 0 Å². The third-order valence-electron chi connectivity index (χ3n) is 1.10. The van der Waals surface area contributed by atoms with E-state index in [1.807, 2.05) is 0 Å². The molecule has 3 radical (unpaired) electrons. The first-order chi connectivity index (χ1) is 4.41. The molecule has 0 fully saturated rings. The third kappa shape index (κ3) is 11.9. The van der Waals surface area contributed by atoms with Crippen LogP contribution < -0.4 is 11.1 Å². The average molecular weight is 167 g/mol. The van der Waals surface area contributed by atoms with E-state index < -0.39 is 0 Å². The molecule has 0 rings (SSSR count). The zero-order chi connectivity index (χ0) is 6.95. The summed E-state index contributed by atoms with van der Waals surface area (Å²) in [5.41, 5.74) is 5.28. The van der Waals surface area contributed by atoms with E-state index in [1.54, 1.807) is 0 Å². The van der Waals surface area contributed by atoms with Crippen LogP contribution in [-0.2, 0) is 0 Å². The first-order valence-corrected chi connectivity index (χ1v) is 5.18. The molecule has 0 saturated heterocycles. The van der Waals surface area contributed by atoms with Gasteiger partial charge in [-0.2, -0.15) is 0 Å². The average Bonchev–Trinajstić information content (AvgIpc) is 1.89. The van der Waals surface area contributed by atoms with Gasteiger partial charge in [0.1, 0.15) is 0 Å².